The van der Waals surface area contributed by atoms with Crippen molar-refractivity contribution in [1.82, 2.24) is 0 Å². The van der Waals surface area contributed by atoms with Crippen molar-refractivity contribution in [2.75, 3.05) is 4.90 Å². The summed E-state index contributed by atoms with van der Waals surface area (Å²) in [5.74, 6) is -3.14. The summed E-state index contributed by atoms with van der Waals surface area (Å²) in [7, 11) is 0. The first-order valence-corrected chi connectivity index (χ1v) is 9.38. The largest absolute Gasteiger partial charge is 0.508 e. The lowest BCUT2D eigenvalue weighted by Crippen LogP contribution is -2.29. The Hall–Kier alpha value is -4.53. The predicted octanol–water partition coefficient (Wildman–Crippen LogP) is 4.07. The number of aromatic hydroxyl groups is 1. The number of halogens is 1. The number of amides is 1. The number of hydrogen-bond donors (Lipinski definition) is 2. The monoisotopic (exact) mass is 434 g/mol. The van der Waals surface area contributed by atoms with Crippen LogP contribution in [0.4, 0.5) is 15.8 Å². The standard InChI is InChI=1S/C23H15FN2O6/c24-15-6-8-16(9-7-15)25-20(13-4-10-18(27)11-5-13)19(22(29)23(25)30)21(28)14-2-1-3-17(12-14)26(31)32/h1-12,20,27-28H/b21-19-. The van der Waals surface area contributed by atoms with Gasteiger partial charge in [0.1, 0.15) is 17.3 Å². The Labute approximate surface area is 180 Å². The molecule has 3 aromatic carbocycles. The second kappa shape index (κ2) is 7.95. The third-order valence-electron chi connectivity index (χ3n) is 5.09. The maximum absolute atomic E-state index is 13.4. The number of rotatable bonds is 4. The van der Waals surface area contributed by atoms with Crippen molar-refractivity contribution in [3.8, 4) is 5.75 Å². The van der Waals surface area contributed by atoms with E-state index in [9.17, 15) is 34.3 Å². The fourth-order valence-electron chi connectivity index (χ4n) is 3.59. The average molecular weight is 434 g/mol. The highest BCUT2D eigenvalue weighted by atomic mass is 19.1. The molecule has 8 nitrogen and oxygen atoms in total. The topological polar surface area (TPSA) is 121 Å². The maximum Gasteiger partial charge on any atom is 0.300 e. The molecule has 160 valence electrons. The van der Waals surface area contributed by atoms with Crippen molar-refractivity contribution >= 4 is 28.8 Å². The van der Waals surface area contributed by atoms with E-state index in [0.29, 0.717) is 5.56 Å². The van der Waals surface area contributed by atoms with E-state index in [1.807, 2.05) is 0 Å². The van der Waals surface area contributed by atoms with Gasteiger partial charge >= 0.3 is 0 Å². The molecular weight excluding hydrogens is 419 g/mol. The van der Waals surface area contributed by atoms with E-state index >= 15 is 0 Å². The van der Waals surface area contributed by atoms with E-state index < -0.39 is 34.2 Å². The summed E-state index contributed by atoms with van der Waals surface area (Å²) in [6, 6.07) is 14.5. The van der Waals surface area contributed by atoms with Gasteiger partial charge in [0.25, 0.3) is 17.4 Å². The second-order valence-corrected chi connectivity index (χ2v) is 7.04. The molecule has 1 unspecified atom stereocenters. The lowest BCUT2D eigenvalue weighted by atomic mass is 9.95. The van der Waals surface area contributed by atoms with Crippen LogP contribution < -0.4 is 4.90 Å². The normalized spacial score (nSPS) is 17.5. The highest BCUT2D eigenvalue weighted by Gasteiger charge is 2.47. The molecule has 1 heterocycles. The fraction of sp³-hybridized carbons (Fsp3) is 0.0435. The number of carbonyl (C=O) groups is 2. The lowest BCUT2D eigenvalue weighted by Gasteiger charge is -2.25. The molecule has 4 rings (SSSR count). The van der Waals surface area contributed by atoms with Crippen LogP contribution in [-0.2, 0) is 9.59 Å². The number of nitrogens with zero attached hydrogens (tertiary/aromatic N) is 2. The summed E-state index contributed by atoms with van der Waals surface area (Å²) in [6.45, 7) is 0. The minimum atomic E-state index is -1.11. The molecule has 0 spiro atoms. The van der Waals surface area contributed by atoms with Gasteiger partial charge in [-0.25, -0.2) is 4.39 Å². The van der Waals surface area contributed by atoms with Gasteiger partial charge in [-0.15, -0.1) is 0 Å². The predicted molar refractivity (Wildman–Crippen MR) is 112 cm³/mol. The van der Waals surface area contributed by atoms with Crippen LogP contribution >= 0.6 is 0 Å². The van der Waals surface area contributed by atoms with Crippen LogP contribution in [-0.4, -0.2) is 26.8 Å². The molecule has 1 fully saturated rings. The van der Waals surface area contributed by atoms with Crippen molar-refractivity contribution in [3.63, 3.8) is 0 Å². The summed E-state index contributed by atoms with van der Waals surface area (Å²) in [5.41, 5.74) is -0.00318. The number of nitro groups is 1. The number of ketones is 1. The van der Waals surface area contributed by atoms with Crippen LogP contribution in [0, 0.1) is 15.9 Å². The minimum Gasteiger partial charge on any atom is -0.508 e. The van der Waals surface area contributed by atoms with Gasteiger partial charge in [0.05, 0.1) is 16.5 Å². The molecule has 0 radical (unpaired) electrons. The molecule has 1 aliphatic rings. The zero-order chi connectivity index (χ0) is 23.0. The number of aliphatic hydroxyl groups excluding tert-OH is 1. The fourth-order valence-corrected chi connectivity index (χ4v) is 3.59. The number of nitro benzene ring substituents is 1. The molecule has 9 heteroatoms. The van der Waals surface area contributed by atoms with Gasteiger partial charge in [0, 0.05) is 23.4 Å². The molecule has 1 atom stereocenters. The highest BCUT2D eigenvalue weighted by molar-refractivity contribution is 6.51. The van der Waals surface area contributed by atoms with Crippen molar-refractivity contribution in [2.24, 2.45) is 0 Å². The van der Waals surface area contributed by atoms with E-state index in [1.54, 1.807) is 0 Å². The highest BCUT2D eigenvalue weighted by Crippen LogP contribution is 2.42. The summed E-state index contributed by atoms with van der Waals surface area (Å²) in [6.07, 6.45) is 0. The van der Waals surface area contributed by atoms with Crippen molar-refractivity contribution in [2.45, 2.75) is 6.04 Å². The van der Waals surface area contributed by atoms with Crippen LogP contribution in [0.2, 0.25) is 0 Å². The Kier molecular flexibility index (Phi) is 5.15. The Morgan fingerprint density at radius 1 is 1.00 bits per heavy atom. The van der Waals surface area contributed by atoms with Gasteiger partial charge in [-0.05, 0) is 42.0 Å². The molecule has 2 N–H and O–H groups in total. The number of non-ortho nitro benzene ring substituents is 1. The van der Waals surface area contributed by atoms with Gasteiger partial charge in [0.2, 0.25) is 0 Å². The first-order chi connectivity index (χ1) is 15.3. The number of carbonyl (C=O) groups excluding carboxylic acids is 2. The van der Waals surface area contributed by atoms with Gasteiger partial charge in [0.15, 0.2) is 0 Å². The first-order valence-electron chi connectivity index (χ1n) is 9.38. The summed E-state index contributed by atoms with van der Waals surface area (Å²) >= 11 is 0. The number of Topliss-reactive ketones (excluding diaryl/α,β-unsaturated/α-hetero) is 1. The van der Waals surface area contributed by atoms with Crippen molar-refractivity contribution in [3.05, 3.63) is 105 Å². The number of phenolic OH excluding ortho intramolecular Hbond substituents is 1. The van der Waals surface area contributed by atoms with Crippen LogP contribution in [0.5, 0.6) is 5.75 Å². The molecule has 0 saturated carbocycles. The Morgan fingerprint density at radius 2 is 1.66 bits per heavy atom. The average Bonchev–Trinajstić information content (AvgIpc) is 3.05. The number of phenols is 1. The molecule has 0 aliphatic carbocycles. The molecule has 3 aromatic rings. The van der Waals surface area contributed by atoms with E-state index in [0.717, 1.165) is 23.1 Å². The maximum atomic E-state index is 13.4. The van der Waals surface area contributed by atoms with Crippen LogP contribution in [0.3, 0.4) is 0 Å². The summed E-state index contributed by atoms with van der Waals surface area (Å²) < 4.78 is 13.4. The molecular formula is C23H15FN2O6. The van der Waals surface area contributed by atoms with Crippen LogP contribution in [0.25, 0.3) is 5.76 Å². The van der Waals surface area contributed by atoms with Gasteiger partial charge < -0.3 is 10.2 Å². The molecule has 1 saturated heterocycles. The van der Waals surface area contributed by atoms with Crippen molar-refractivity contribution in [1.29, 1.82) is 0 Å². The Balaban J connectivity index is 1.94. The van der Waals surface area contributed by atoms with Crippen molar-refractivity contribution < 1.29 is 29.1 Å². The quantitative estimate of drug-likeness (QED) is 0.210. The first kappa shape index (κ1) is 20.7. The number of benzene rings is 3. The second-order valence-electron chi connectivity index (χ2n) is 7.04. The third-order valence-corrected chi connectivity index (χ3v) is 5.09. The summed E-state index contributed by atoms with van der Waals surface area (Å²) in [4.78, 5) is 37.5. The van der Waals surface area contributed by atoms with E-state index in [1.165, 1.54) is 54.6 Å². The van der Waals surface area contributed by atoms with Gasteiger partial charge in [-0.2, -0.15) is 0 Å². The van der Waals surface area contributed by atoms with E-state index in [4.69, 9.17) is 0 Å². The number of anilines is 1. The number of hydrogen-bond acceptors (Lipinski definition) is 6. The van der Waals surface area contributed by atoms with Crippen LogP contribution in [0.15, 0.2) is 78.4 Å². The zero-order valence-electron chi connectivity index (χ0n) is 16.3. The zero-order valence-corrected chi connectivity index (χ0v) is 16.3. The minimum absolute atomic E-state index is 0.0138. The lowest BCUT2D eigenvalue weighted by molar-refractivity contribution is -0.384. The molecule has 1 aliphatic heterocycles. The van der Waals surface area contributed by atoms with E-state index in [-0.39, 0.29) is 28.3 Å². The molecule has 1 amide bonds. The number of aliphatic hydroxyl groups is 1. The SMILES string of the molecule is O=C1C(=O)N(c2ccc(F)cc2)C(c2ccc(O)cc2)/C1=C(/O)c1cccc([N+](=O)[O-])c1. The van der Waals surface area contributed by atoms with Gasteiger partial charge in [-0.1, -0.05) is 24.3 Å². The Bertz CT molecular complexity index is 1270. The summed E-state index contributed by atoms with van der Waals surface area (Å²) in [5, 5.41) is 31.7. The molecule has 0 bridgehead atoms. The van der Waals surface area contributed by atoms with Gasteiger partial charge in [-0.3, -0.25) is 24.6 Å². The smallest absolute Gasteiger partial charge is 0.300 e. The third kappa shape index (κ3) is 3.56. The molecule has 0 aromatic heterocycles. The van der Waals surface area contributed by atoms with Crippen LogP contribution in [0.1, 0.15) is 17.2 Å². The van der Waals surface area contributed by atoms with E-state index in [2.05, 4.69) is 0 Å². The Morgan fingerprint density at radius 3 is 2.28 bits per heavy atom. The molecule has 32 heavy (non-hydrogen) atoms.